The number of benzene rings is 1. The summed E-state index contributed by atoms with van der Waals surface area (Å²) in [6.45, 7) is 3.03. The van der Waals surface area contributed by atoms with Crippen LogP contribution in [0.15, 0.2) is 18.2 Å². The van der Waals surface area contributed by atoms with Gasteiger partial charge < -0.3 is 16.0 Å². The summed E-state index contributed by atoms with van der Waals surface area (Å²) in [6, 6.07) is 5.92. The molecule has 0 bridgehead atoms. The highest BCUT2D eigenvalue weighted by molar-refractivity contribution is 5.95. The molecule has 1 aromatic carbocycles. The van der Waals surface area contributed by atoms with Gasteiger partial charge >= 0.3 is 0 Å². The number of nitrogens with two attached hydrogens (primary N) is 1. The smallest absolute Gasteiger partial charge is 0.226 e. The minimum atomic E-state index is 0. The molecule has 0 unspecified atom stereocenters. The number of rotatable bonds is 3. The highest BCUT2D eigenvalue weighted by atomic mass is 35.5. The van der Waals surface area contributed by atoms with Crippen molar-refractivity contribution < 1.29 is 4.79 Å². The van der Waals surface area contributed by atoms with Gasteiger partial charge in [-0.3, -0.25) is 4.79 Å². The van der Waals surface area contributed by atoms with Gasteiger partial charge in [0.05, 0.1) is 0 Å². The highest BCUT2D eigenvalue weighted by Gasteiger charge is 2.24. The Balaban J connectivity index is 0.00000132. The van der Waals surface area contributed by atoms with Crippen LogP contribution in [0, 0.1) is 5.92 Å². The lowest BCUT2D eigenvalue weighted by molar-refractivity contribution is -0.119. The fourth-order valence-electron chi connectivity index (χ4n) is 3.54. The van der Waals surface area contributed by atoms with Gasteiger partial charge in [-0.15, -0.1) is 24.8 Å². The first-order chi connectivity index (χ1) is 10.3. The predicted molar refractivity (Wildman–Crippen MR) is 101 cm³/mol. The molecule has 0 aromatic heterocycles. The zero-order valence-corrected chi connectivity index (χ0v) is 15.1. The maximum atomic E-state index is 12.6. The van der Waals surface area contributed by atoms with Gasteiger partial charge in [0.15, 0.2) is 0 Å². The van der Waals surface area contributed by atoms with Gasteiger partial charge in [0, 0.05) is 24.3 Å². The Kier molecular flexibility index (Phi) is 8.17. The van der Waals surface area contributed by atoms with Crippen LogP contribution in [0.2, 0.25) is 0 Å². The maximum absolute atomic E-state index is 12.6. The van der Waals surface area contributed by atoms with Gasteiger partial charge in [0.25, 0.3) is 0 Å². The number of hydrogen-bond acceptors (Lipinski definition) is 3. The third-order valence-electron chi connectivity index (χ3n) is 4.81. The number of carbonyl (C=O) groups excluding carboxylic acids is 1. The van der Waals surface area contributed by atoms with Crippen molar-refractivity contribution in [3.63, 3.8) is 0 Å². The SMILES string of the molecule is Cl.Cl.Nc1cccc2c1CCCN2C(=O)CCC1CCNCC1. The molecule has 2 heterocycles. The van der Waals surface area contributed by atoms with E-state index in [1.807, 2.05) is 23.1 Å². The molecule has 0 saturated carbocycles. The van der Waals surface area contributed by atoms with E-state index in [9.17, 15) is 4.79 Å². The van der Waals surface area contributed by atoms with E-state index in [1.54, 1.807) is 0 Å². The van der Waals surface area contributed by atoms with E-state index >= 15 is 0 Å². The lowest BCUT2D eigenvalue weighted by Crippen LogP contribution is -2.36. The number of hydrogen-bond donors (Lipinski definition) is 2. The summed E-state index contributed by atoms with van der Waals surface area (Å²) in [5.74, 6) is 0.973. The van der Waals surface area contributed by atoms with Gasteiger partial charge in [-0.05, 0) is 68.8 Å². The molecule has 1 fully saturated rings. The Bertz CT molecular complexity index is 519. The Morgan fingerprint density at radius 2 is 2.00 bits per heavy atom. The van der Waals surface area contributed by atoms with Crippen molar-refractivity contribution in [3.8, 4) is 0 Å². The third kappa shape index (κ3) is 4.75. The predicted octanol–water partition coefficient (Wildman–Crippen LogP) is 3.17. The van der Waals surface area contributed by atoms with Crippen LogP contribution in [0.5, 0.6) is 0 Å². The summed E-state index contributed by atoms with van der Waals surface area (Å²) in [7, 11) is 0. The number of nitrogens with one attached hydrogen (secondary N) is 1. The minimum Gasteiger partial charge on any atom is -0.398 e. The molecule has 1 aromatic rings. The number of halogens is 2. The van der Waals surface area contributed by atoms with Crippen molar-refractivity contribution in [1.29, 1.82) is 0 Å². The second-order valence-corrected chi connectivity index (χ2v) is 6.23. The van der Waals surface area contributed by atoms with Crippen LogP contribution in [0.25, 0.3) is 0 Å². The van der Waals surface area contributed by atoms with E-state index in [-0.39, 0.29) is 30.7 Å². The number of nitrogen functional groups attached to an aromatic ring is 1. The van der Waals surface area contributed by atoms with Gasteiger partial charge in [-0.2, -0.15) is 0 Å². The normalized spacial score (nSPS) is 17.7. The van der Waals surface area contributed by atoms with Crippen molar-refractivity contribution in [3.05, 3.63) is 23.8 Å². The second kappa shape index (κ2) is 9.36. The average molecular weight is 360 g/mol. The van der Waals surface area contributed by atoms with Gasteiger partial charge in [-0.25, -0.2) is 0 Å². The fraction of sp³-hybridized carbons (Fsp3) is 0.588. The van der Waals surface area contributed by atoms with Gasteiger partial charge in [0.1, 0.15) is 0 Å². The van der Waals surface area contributed by atoms with E-state index in [1.165, 1.54) is 12.8 Å². The summed E-state index contributed by atoms with van der Waals surface area (Å²) in [6.07, 6.45) is 6.10. The number of anilines is 2. The zero-order chi connectivity index (χ0) is 14.7. The standard InChI is InChI=1S/C17H25N3O.2ClH/c18-15-4-1-5-16-14(15)3-2-12-20(16)17(21)7-6-13-8-10-19-11-9-13;;/h1,4-5,13,19H,2-3,6-12,18H2;2*1H. The van der Waals surface area contributed by atoms with Crippen LogP contribution < -0.4 is 16.0 Å². The molecule has 0 spiro atoms. The molecule has 2 aliphatic heterocycles. The Morgan fingerprint density at radius 1 is 1.26 bits per heavy atom. The molecule has 0 atom stereocenters. The summed E-state index contributed by atoms with van der Waals surface area (Å²) in [4.78, 5) is 14.5. The molecule has 3 rings (SSSR count). The van der Waals surface area contributed by atoms with Crippen molar-refractivity contribution in [1.82, 2.24) is 5.32 Å². The van der Waals surface area contributed by atoms with Crippen molar-refractivity contribution >= 4 is 42.1 Å². The van der Waals surface area contributed by atoms with E-state index in [0.717, 1.165) is 55.8 Å². The summed E-state index contributed by atoms with van der Waals surface area (Å²) >= 11 is 0. The van der Waals surface area contributed by atoms with E-state index in [2.05, 4.69) is 5.32 Å². The monoisotopic (exact) mass is 359 g/mol. The number of nitrogens with zero attached hydrogens (tertiary/aromatic N) is 1. The highest BCUT2D eigenvalue weighted by Crippen LogP contribution is 2.32. The molecule has 1 amide bonds. The van der Waals surface area contributed by atoms with Crippen molar-refractivity contribution in [2.24, 2.45) is 5.92 Å². The van der Waals surface area contributed by atoms with E-state index < -0.39 is 0 Å². The first-order valence-electron chi connectivity index (χ1n) is 8.14. The molecule has 4 nitrogen and oxygen atoms in total. The van der Waals surface area contributed by atoms with E-state index in [4.69, 9.17) is 5.73 Å². The molecule has 2 aliphatic rings. The number of amides is 1. The van der Waals surface area contributed by atoms with Crippen LogP contribution in [-0.2, 0) is 11.2 Å². The lowest BCUT2D eigenvalue weighted by atomic mass is 9.92. The molecule has 1 saturated heterocycles. The zero-order valence-electron chi connectivity index (χ0n) is 13.4. The Hall–Kier alpha value is -0.970. The Morgan fingerprint density at radius 3 is 2.74 bits per heavy atom. The maximum Gasteiger partial charge on any atom is 0.226 e. The van der Waals surface area contributed by atoms with Crippen LogP contribution in [0.1, 0.15) is 37.7 Å². The quantitative estimate of drug-likeness (QED) is 0.814. The minimum absolute atomic E-state index is 0. The second-order valence-electron chi connectivity index (χ2n) is 6.23. The molecule has 23 heavy (non-hydrogen) atoms. The molecule has 0 aliphatic carbocycles. The fourth-order valence-corrected chi connectivity index (χ4v) is 3.54. The average Bonchev–Trinajstić information content (AvgIpc) is 2.53. The molecular formula is C17H27Cl2N3O. The first-order valence-corrected chi connectivity index (χ1v) is 8.14. The van der Waals surface area contributed by atoms with Crippen molar-refractivity contribution in [2.75, 3.05) is 30.3 Å². The molecule has 6 heteroatoms. The molecule has 0 radical (unpaired) electrons. The largest absolute Gasteiger partial charge is 0.398 e. The number of piperidine rings is 1. The summed E-state index contributed by atoms with van der Waals surface area (Å²) in [5.41, 5.74) is 9.06. The van der Waals surface area contributed by atoms with Crippen molar-refractivity contribution in [2.45, 2.75) is 38.5 Å². The number of carbonyl (C=O) groups is 1. The van der Waals surface area contributed by atoms with E-state index in [0.29, 0.717) is 12.3 Å². The van der Waals surface area contributed by atoms with Crippen LogP contribution >= 0.6 is 24.8 Å². The first kappa shape index (κ1) is 20.1. The van der Waals surface area contributed by atoms with Crippen LogP contribution in [-0.4, -0.2) is 25.5 Å². The molecule has 3 N–H and O–H groups in total. The molecule has 130 valence electrons. The summed E-state index contributed by atoms with van der Waals surface area (Å²) in [5, 5.41) is 3.38. The summed E-state index contributed by atoms with van der Waals surface area (Å²) < 4.78 is 0. The van der Waals surface area contributed by atoms with Gasteiger partial charge in [-0.1, -0.05) is 6.07 Å². The Labute approximate surface area is 151 Å². The topological polar surface area (TPSA) is 58.4 Å². The van der Waals surface area contributed by atoms with Crippen LogP contribution in [0.4, 0.5) is 11.4 Å². The number of fused-ring (bicyclic) bond motifs is 1. The molecular weight excluding hydrogens is 333 g/mol. The lowest BCUT2D eigenvalue weighted by Gasteiger charge is -2.31. The van der Waals surface area contributed by atoms with Gasteiger partial charge in [0.2, 0.25) is 5.91 Å². The third-order valence-corrected chi connectivity index (χ3v) is 4.81. The van der Waals surface area contributed by atoms with Crippen LogP contribution in [0.3, 0.4) is 0 Å².